The topological polar surface area (TPSA) is 77.2 Å². The minimum atomic E-state index is -0.0599. The zero-order valence-corrected chi connectivity index (χ0v) is 17.1. The average molecular weight is 418 g/mol. The molecule has 3 rings (SSSR count). The van der Waals surface area contributed by atoms with Crippen molar-refractivity contribution in [2.75, 3.05) is 6.54 Å². The van der Waals surface area contributed by atoms with Gasteiger partial charge in [0.25, 0.3) is 5.91 Å². The minimum Gasteiger partial charge on any atom is -0.487 e. The van der Waals surface area contributed by atoms with E-state index in [1.165, 1.54) is 0 Å². The fourth-order valence-corrected chi connectivity index (χ4v) is 3.72. The van der Waals surface area contributed by atoms with Gasteiger partial charge < -0.3 is 15.8 Å². The monoisotopic (exact) mass is 417 g/mol. The third kappa shape index (κ3) is 5.84. The number of nitrogens with one attached hydrogen (secondary N) is 1. The number of thiazole rings is 1. The normalized spacial score (nSPS) is 18.5. The number of benzene rings is 1. The number of carbonyl (C=O) groups excluding carboxylic acids is 1. The van der Waals surface area contributed by atoms with Crippen LogP contribution in [-0.4, -0.2) is 23.5 Å². The summed E-state index contributed by atoms with van der Waals surface area (Å²) < 4.78 is 5.75. The van der Waals surface area contributed by atoms with Gasteiger partial charge in [0, 0.05) is 17.0 Å². The smallest absolute Gasteiger partial charge is 0.251 e. The molecule has 8 heteroatoms. The molecule has 0 spiro atoms. The van der Waals surface area contributed by atoms with Crippen molar-refractivity contribution >= 4 is 42.1 Å². The van der Waals surface area contributed by atoms with E-state index < -0.39 is 0 Å². The van der Waals surface area contributed by atoms with Crippen molar-refractivity contribution in [3.05, 3.63) is 45.9 Å². The Hall–Kier alpha value is -1.34. The second kappa shape index (κ2) is 10.7. The lowest BCUT2D eigenvalue weighted by Crippen LogP contribution is -2.39. The zero-order chi connectivity index (χ0) is 16.9. The molecular formula is C18H25Cl2N3O2S. The molecule has 1 aromatic carbocycles. The number of amides is 1. The Morgan fingerprint density at radius 2 is 2.19 bits per heavy atom. The van der Waals surface area contributed by atoms with E-state index in [0.29, 0.717) is 30.4 Å². The fraction of sp³-hybridized carbons (Fsp3) is 0.444. The van der Waals surface area contributed by atoms with Crippen molar-refractivity contribution in [1.29, 1.82) is 0 Å². The SMILES string of the molecule is Cc1nc(COc2cccc(C(=O)NC3CCCC3CN)c2)cs1.Cl.Cl. The summed E-state index contributed by atoms with van der Waals surface area (Å²) in [5.41, 5.74) is 7.30. The molecule has 3 N–H and O–H groups in total. The molecule has 26 heavy (non-hydrogen) atoms. The molecule has 1 heterocycles. The molecule has 1 aliphatic rings. The summed E-state index contributed by atoms with van der Waals surface area (Å²) in [7, 11) is 0. The summed E-state index contributed by atoms with van der Waals surface area (Å²) in [5, 5.41) is 6.12. The van der Waals surface area contributed by atoms with Gasteiger partial charge in [0.1, 0.15) is 12.4 Å². The summed E-state index contributed by atoms with van der Waals surface area (Å²) in [5.74, 6) is 1.01. The van der Waals surface area contributed by atoms with Crippen LogP contribution in [-0.2, 0) is 6.61 Å². The molecule has 1 saturated carbocycles. The Morgan fingerprint density at radius 3 is 2.88 bits per heavy atom. The van der Waals surface area contributed by atoms with Crippen molar-refractivity contribution < 1.29 is 9.53 Å². The third-order valence-corrected chi connectivity index (χ3v) is 5.25. The van der Waals surface area contributed by atoms with E-state index in [4.69, 9.17) is 10.5 Å². The molecule has 1 amide bonds. The highest BCUT2D eigenvalue weighted by Crippen LogP contribution is 2.25. The van der Waals surface area contributed by atoms with Gasteiger partial charge in [-0.05, 0) is 50.4 Å². The highest BCUT2D eigenvalue weighted by atomic mass is 35.5. The van der Waals surface area contributed by atoms with E-state index in [-0.39, 0.29) is 36.8 Å². The van der Waals surface area contributed by atoms with Crippen molar-refractivity contribution in [3.8, 4) is 5.75 Å². The maximum atomic E-state index is 12.5. The molecule has 1 fully saturated rings. The quantitative estimate of drug-likeness (QED) is 0.750. The van der Waals surface area contributed by atoms with E-state index in [1.807, 2.05) is 30.5 Å². The molecule has 2 atom stereocenters. The lowest BCUT2D eigenvalue weighted by Gasteiger charge is -2.19. The summed E-state index contributed by atoms with van der Waals surface area (Å²) in [4.78, 5) is 16.8. The predicted molar refractivity (Wildman–Crippen MR) is 110 cm³/mol. The Labute approximate surface area is 170 Å². The number of carbonyl (C=O) groups is 1. The van der Waals surface area contributed by atoms with Crippen LogP contribution in [0.4, 0.5) is 0 Å². The summed E-state index contributed by atoms with van der Waals surface area (Å²) in [6.45, 7) is 3.01. The number of nitrogens with zero attached hydrogens (tertiary/aromatic N) is 1. The molecule has 0 radical (unpaired) electrons. The molecule has 1 aliphatic carbocycles. The van der Waals surface area contributed by atoms with Gasteiger partial charge in [-0.3, -0.25) is 4.79 Å². The summed E-state index contributed by atoms with van der Waals surface area (Å²) in [6, 6.07) is 7.47. The molecular weight excluding hydrogens is 393 g/mol. The lowest BCUT2D eigenvalue weighted by atomic mass is 10.0. The zero-order valence-electron chi connectivity index (χ0n) is 14.6. The Bertz CT molecular complexity index is 711. The van der Waals surface area contributed by atoms with Crippen molar-refractivity contribution in [3.63, 3.8) is 0 Å². The van der Waals surface area contributed by atoms with Crippen molar-refractivity contribution in [1.82, 2.24) is 10.3 Å². The molecule has 1 aromatic heterocycles. The highest BCUT2D eigenvalue weighted by Gasteiger charge is 2.27. The molecule has 144 valence electrons. The predicted octanol–water partition coefficient (Wildman–Crippen LogP) is 3.73. The number of nitrogens with two attached hydrogens (primary N) is 1. The largest absolute Gasteiger partial charge is 0.487 e. The standard InChI is InChI=1S/C18H23N3O2S.2ClH/c1-12-20-15(11-24-12)10-23-16-6-2-4-13(8-16)18(22)21-17-7-3-5-14(17)9-19;;/h2,4,6,8,11,14,17H,3,5,7,9-10,19H2,1H3,(H,21,22);2*1H. The first-order valence-electron chi connectivity index (χ1n) is 8.30. The van der Waals surface area contributed by atoms with Crippen LogP contribution < -0.4 is 15.8 Å². The van der Waals surface area contributed by atoms with Gasteiger partial charge in [0.15, 0.2) is 0 Å². The first-order chi connectivity index (χ1) is 11.7. The van der Waals surface area contributed by atoms with E-state index in [1.54, 1.807) is 17.4 Å². The Morgan fingerprint density at radius 1 is 1.38 bits per heavy atom. The van der Waals surface area contributed by atoms with Crippen LogP contribution in [0.25, 0.3) is 0 Å². The maximum Gasteiger partial charge on any atom is 0.251 e. The molecule has 0 aliphatic heterocycles. The third-order valence-electron chi connectivity index (χ3n) is 4.43. The molecule has 2 unspecified atom stereocenters. The first-order valence-corrected chi connectivity index (χ1v) is 9.18. The van der Waals surface area contributed by atoms with Gasteiger partial charge in [-0.25, -0.2) is 4.98 Å². The second-order valence-electron chi connectivity index (χ2n) is 6.18. The van der Waals surface area contributed by atoms with E-state index in [2.05, 4.69) is 10.3 Å². The van der Waals surface area contributed by atoms with Crippen LogP contribution >= 0.6 is 36.2 Å². The number of hydrogen-bond acceptors (Lipinski definition) is 5. The molecule has 0 bridgehead atoms. The Balaban J connectivity index is 0.00000169. The number of aromatic nitrogens is 1. The number of halogens is 2. The van der Waals surface area contributed by atoms with Crippen molar-refractivity contribution in [2.45, 2.75) is 38.8 Å². The van der Waals surface area contributed by atoms with E-state index in [9.17, 15) is 4.79 Å². The van der Waals surface area contributed by atoms with Gasteiger partial charge in [0.05, 0.1) is 10.7 Å². The van der Waals surface area contributed by atoms with Crippen molar-refractivity contribution in [2.24, 2.45) is 11.7 Å². The van der Waals surface area contributed by atoms with Crippen LogP contribution in [0, 0.1) is 12.8 Å². The van der Waals surface area contributed by atoms with Gasteiger partial charge in [-0.1, -0.05) is 12.5 Å². The van der Waals surface area contributed by atoms with Gasteiger partial charge in [-0.2, -0.15) is 0 Å². The van der Waals surface area contributed by atoms with Crippen LogP contribution in [0.5, 0.6) is 5.75 Å². The van der Waals surface area contributed by atoms with Gasteiger partial charge in [0.2, 0.25) is 0 Å². The average Bonchev–Trinajstić information content (AvgIpc) is 3.21. The highest BCUT2D eigenvalue weighted by molar-refractivity contribution is 7.09. The van der Waals surface area contributed by atoms with Gasteiger partial charge >= 0.3 is 0 Å². The maximum absolute atomic E-state index is 12.5. The van der Waals surface area contributed by atoms with E-state index in [0.717, 1.165) is 30.0 Å². The molecule has 0 saturated heterocycles. The fourth-order valence-electron chi connectivity index (χ4n) is 3.12. The summed E-state index contributed by atoms with van der Waals surface area (Å²) in [6.07, 6.45) is 3.23. The van der Waals surface area contributed by atoms with Crippen LogP contribution in [0.2, 0.25) is 0 Å². The number of rotatable bonds is 6. The van der Waals surface area contributed by atoms with Crippen LogP contribution in [0.3, 0.4) is 0 Å². The lowest BCUT2D eigenvalue weighted by molar-refractivity contribution is 0.0928. The summed E-state index contributed by atoms with van der Waals surface area (Å²) >= 11 is 1.60. The molecule has 2 aromatic rings. The molecule has 5 nitrogen and oxygen atoms in total. The van der Waals surface area contributed by atoms with Crippen LogP contribution in [0.1, 0.15) is 40.3 Å². The number of aryl methyl sites for hydroxylation is 1. The van der Waals surface area contributed by atoms with Gasteiger partial charge in [-0.15, -0.1) is 36.2 Å². The first kappa shape index (κ1) is 22.7. The second-order valence-corrected chi connectivity index (χ2v) is 7.24. The van der Waals surface area contributed by atoms with E-state index >= 15 is 0 Å². The minimum absolute atomic E-state index is 0. The number of ether oxygens (including phenoxy) is 1. The van der Waals surface area contributed by atoms with Crippen LogP contribution in [0.15, 0.2) is 29.6 Å². The number of hydrogen-bond donors (Lipinski definition) is 2. The Kier molecular flexibility index (Phi) is 9.36.